The van der Waals surface area contributed by atoms with Crippen LogP contribution < -0.4 is 9.79 Å². The Morgan fingerprint density at radius 1 is 0.739 bits per heavy atom. The summed E-state index contributed by atoms with van der Waals surface area (Å²) < 4.78 is 14.4. The number of rotatable bonds is 17. The molecule has 138 valence electrons. The van der Waals surface area contributed by atoms with E-state index in [1.54, 1.807) is 0 Å². The molecule has 0 aromatic heterocycles. The van der Waals surface area contributed by atoms with Crippen molar-refractivity contribution in [1.29, 1.82) is 0 Å². The summed E-state index contributed by atoms with van der Waals surface area (Å²) in [5.74, 6) is 0. The standard InChI is InChI=1S/C18H37O4P/c1-2-3-4-5-6-7-8-9-10-11-12-13-14-15-16-17-18-22-23(19,20)21/h9-10H,2-8,11-18H2,1H3,(H2,19,20,21)/p-2/b10-9-. The van der Waals surface area contributed by atoms with Gasteiger partial charge in [0.2, 0.25) is 0 Å². The van der Waals surface area contributed by atoms with Crippen molar-refractivity contribution in [2.45, 2.75) is 96.8 Å². The highest BCUT2D eigenvalue weighted by Gasteiger charge is 1.94. The van der Waals surface area contributed by atoms with E-state index in [-0.39, 0.29) is 6.61 Å². The van der Waals surface area contributed by atoms with Gasteiger partial charge in [-0.2, -0.15) is 0 Å². The molecular formula is C18H35O4P-2. The molecule has 0 aromatic carbocycles. The summed E-state index contributed by atoms with van der Waals surface area (Å²) in [6, 6.07) is 0. The lowest BCUT2D eigenvalue weighted by Gasteiger charge is -2.28. The molecule has 5 heteroatoms. The van der Waals surface area contributed by atoms with Gasteiger partial charge in [-0.25, -0.2) is 0 Å². The van der Waals surface area contributed by atoms with E-state index in [0.29, 0.717) is 6.42 Å². The molecule has 0 bridgehead atoms. The molecule has 4 nitrogen and oxygen atoms in total. The fourth-order valence-corrected chi connectivity index (χ4v) is 2.88. The zero-order valence-electron chi connectivity index (χ0n) is 14.8. The third-order valence-electron chi connectivity index (χ3n) is 3.91. The minimum atomic E-state index is -4.76. The van der Waals surface area contributed by atoms with Crippen molar-refractivity contribution < 1.29 is 18.9 Å². The van der Waals surface area contributed by atoms with Crippen LogP contribution in [0.1, 0.15) is 96.8 Å². The van der Waals surface area contributed by atoms with Gasteiger partial charge in [0.15, 0.2) is 0 Å². The number of phosphoric acid groups is 1. The Kier molecular flexibility index (Phi) is 16.6. The van der Waals surface area contributed by atoms with E-state index in [4.69, 9.17) is 0 Å². The second kappa shape index (κ2) is 16.7. The SMILES string of the molecule is CCCCCCCC/C=C\CCCCCCCCOP(=O)([O-])[O-]. The first-order chi connectivity index (χ1) is 11.1. The van der Waals surface area contributed by atoms with E-state index in [2.05, 4.69) is 23.6 Å². The van der Waals surface area contributed by atoms with Crippen LogP contribution >= 0.6 is 7.82 Å². The summed E-state index contributed by atoms with van der Waals surface area (Å²) in [5.41, 5.74) is 0. The van der Waals surface area contributed by atoms with E-state index < -0.39 is 7.82 Å². The minimum Gasteiger partial charge on any atom is -0.790 e. The van der Waals surface area contributed by atoms with Gasteiger partial charge in [0.1, 0.15) is 0 Å². The summed E-state index contributed by atoms with van der Waals surface area (Å²) in [6.45, 7) is 2.28. The molecule has 0 heterocycles. The number of unbranched alkanes of at least 4 members (excludes halogenated alkanes) is 12. The third kappa shape index (κ3) is 21.9. The monoisotopic (exact) mass is 346 g/mol. The summed E-state index contributed by atoms with van der Waals surface area (Å²) in [6.07, 6.45) is 21.4. The molecule has 0 amide bonds. The van der Waals surface area contributed by atoms with Crippen LogP contribution in [0, 0.1) is 0 Å². The van der Waals surface area contributed by atoms with Gasteiger partial charge in [0, 0.05) is 0 Å². The zero-order valence-corrected chi connectivity index (χ0v) is 15.7. The lowest BCUT2D eigenvalue weighted by molar-refractivity contribution is -0.341. The van der Waals surface area contributed by atoms with E-state index in [0.717, 1.165) is 25.7 Å². The summed E-state index contributed by atoms with van der Waals surface area (Å²) in [4.78, 5) is 20.5. The third-order valence-corrected chi connectivity index (χ3v) is 4.40. The molecule has 23 heavy (non-hydrogen) atoms. The van der Waals surface area contributed by atoms with E-state index in [1.807, 2.05) is 0 Å². The van der Waals surface area contributed by atoms with Crippen LogP contribution in [0.25, 0.3) is 0 Å². The highest BCUT2D eigenvalue weighted by Crippen LogP contribution is 2.24. The molecule has 0 aliphatic carbocycles. The fraction of sp³-hybridized carbons (Fsp3) is 0.889. The molecule has 0 unspecified atom stereocenters. The van der Waals surface area contributed by atoms with Crippen molar-refractivity contribution in [3.63, 3.8) is 0 Å². The predicted octanol–water partition coefficient (Wildman–Crippen LogP) is 4.87. The van der Waals surface area contributed by atoms with Gasteiger partial charge in [-0.3, -0.25) is 0 Å². The Hall–Kier alpha value is -0.150. The van der Waals surface area contributed by atoms with E-state index in [9.17, 15) is 14.4 Å². The summed E-state index contributed by atoms with van der Waals surface area (Å²) in [7, 11) is -4.76. The predicted molar refractivity (Wildman–Crippen MR) is 93.0 cm³/mol. The molecule has 0 aliphatic heterocycles. The van der Waals surface area contributed by atoms with Gasteiger partial charge in [-0.15, -0.1) is 0 Å². The van der Waals surface area contributed by atoms with Gasteiger partial charge >= 0.3 is 0 Å². The summed E-state index contributed by atoms with van der Waals surface area (Å²) >= 11 is 0. The number of hydrogen-bond donors (Lipinski definition) is 0. The number of phosphoric ester groups is 1. The highest BCUT2D eigenvalue weighted by molar-refractivity contribution is 7.43. The molecule has 0 rings (SSSR count). The molecule has 0 atom stereocenters. The van der Waals surface area contributed by atoms with Gasteiger partial charge in [-0.1, -0.05) is 76.9 Å². The maximum atomic E-state index is 10.2. The molecule has 0 spiro atoms. The van der Waals surface area contributed by atoms with Gasteiger partial charge < -0.3 is 18.9 Å². The van der Waals surface area contributed by atoms with Crippen LogP contribution in [0.3, 0.4) is 0 Å². The smallest absolute Gasteiger partial charge is 0.0596 e. The first-order valence-corrected chi connectivity index (χ1v) is 10.8. The maximum Gasteiger partial charge on any atom is 0.0596 e. The molecule has 0 saturated carbocycles. The molecule has 0 saturated heterocycles. The second-order valence-electron chi connectivity index (χ2n) is 6.22. The van der Waals surface area contributed by atoms with Crippen molar-refractivity contribution in [3.8, 4) is 0 Å². The Balaban J connectivity index is 3.12. The number of allylic oxidation sites excluding steroid dienone is 2. The van der Waals surface area contributed by atoms with Crippen LogP contribution in [0.5, 0.6) is 0 Å². The normalized spacial score (nSPS) is 12.3. The van der Waals surface area contributed by atoms with Crippen LogP contribution in [-0.2, 0) is 9.09 Å². The second-order valence-corrected chi connectivity index (χ2v) is 7.37. The average Bonchev–Trinajstić information content (AvgIpc) is 2.49. The first-order valence-electron chi connectivity index (χ1n) is 9.38. The minimum absolute atomic E-state index is 0.0332. The van der Waals surface area contributed by atoms with Crippen molar-refractivity contribution in [3.05, 3.63) is 12.2 Å². The van der Waals surface area contributed by atoms with Gasteiger partial charge in [-0.05, 0) is 32.1 Å². The lowest BCUT2D eigenvalue weighted by Crippen LogP contribution is -2.16. The Bertz CT molecular complexity index is 312. The quantitative estimate of drug-likeness (QED) is 0.214. The Morgan fingerprint density at radius 2 is 1.17 bits per heavy atom. The maximum absolute atomic E-state index is 10.2. The Labute approximate surface area is 143 Å². The molecule has 0 N–H and O–H groups in total. The molecular weight excluding hydrogens is 311 g/mol. The number of hydrogen-bond acceptors (Lipinski definition) is 4. The van der Waals surface area contributed by atoms with Crippen molar-refractivity contribution in [1.82, 2.24) is 0 Å². The summed E-state index contributed by atoms with van der Waals surface area (Å²) in [5, 5.41) is 0. The fourth-order valence-electron chi connectivity index (χ4n) is 2.53. The molecule has 0 aromatic rings. The topological polar surface area (TPSA) is 72.4 Å². The molecule has 0 aliphatic rings. The largest absolute Gasteiger partial charge is 0.790 e. The van der Waals surface area contributed by atoms with E-state index in [1.165, 1.54) is 57.8 Å². The highest BCUT2D eigenvalue weighted by atomic mass is 31.2. The lowest BCUT2D eigenvalue weighted by atomic mass is 10.1. The first kappa shape index (κ1) is 22.9. The van der Waals surface area contributed by atoms with Crippen molar-refractivity contribution in [2.24, 2.45) is 0 Å². The van der Waals surface area contributed by atoms with Crippen LogP contribution in [0.2, 0.25) is 0 Å². The van der Waals surface area contributed by atoms with Crippen LogP contribution in [0.4, 0.5) is 0 Å². The van der Waals surface area contributed by atoms with Gasteiger partial charge in [0.25, 0.3) is 0 Å². The van der Waals surface area contributed by atoms with Crippen LogP contribution in [-0.4, -0.2) is 6.61 Å². The van der Waals surface area contributed by atoms with Gasteiger partial charge in [0.05, 0.1) is 14.4 Å². The molecule has 0 radical (unpaired) electrons. The average molecular weight is 346 g/mol. The Morgan fingerprint density at radius 3 is 1.65 bits per heavy atom. The molecule has 0 fully saturated rings. The van der Waals surface area contributed by atoms with Crippen molar-refractivity contribution in [2.75, 3.05) is 6.61 Å². The van der Waals surface area contributed by atoms with Crippen LogP contribution in [0.15, 0.2) is 12.2 Å². The van der Waals surface area contributed by atoms with E-state index >= 15 is 0 Å². The van der Waals surface area contributed by atoms with Crippen molar-refractivity contribution >= 4 is 7.82 Å². The zero-order chi connectivity index (χ0) is 17.2.